The zero-order chi connectivity index (χ0) is 23.1. The van der Waals surface area contributed by atoms with Crippen LogP contribution in [0.4, 0.5) is 0 Å². The summed E-state index contributed by atoms with van der Waals surface area (Å²) in [5.41, 5.74) is 12.6. The first-order valence-corrected chi connectivity index (χ1v) is 10.9. The van der Waals surface area contributed by atoms with Crippen LogP contribution in [0, 0.1) is 0 Å². The fourth-order valence-electron chi connectivity index (χ4n) is 2.89. The molecule has 8 heteroatoms. The van der Waals surface area contributed by atoms with Gasteiger partial charge in [0.15, 0.2) is 0 Å². The molecule has 2 atom stereocenters. The molecule has 0 aliphatic carbocycles. The molecule has 0 aliphatic heterocycles. The molecule has 0 heterocycles. The fourth-order valence-corrected chi connectivity index (χ4v) is 3.28. The Hall–Kier alpha value is -2.39. The number of nitrogens with zero attached hydrogens (tertiary/aromatic N) is 1. The summed E-state index contributed by atoms with van der Waals surface area (Å²) in [5.74, 6) is -1.48. The number of carboxylic acid groups (broad SMARTS) is 2. The van der Waals surface area contributed by atoms with Gasteiger partial charge in [-0.1, -0.05) is 67.1 Å². The third kappa shape index (κ3) is 11.0. The van der Waals surface area contributed by atoms with Crippen molar-refractivity contribution in [1.29, 1.82) is 0 Å². The molecule has 2 aromatic rings. The Labute approximate surface area is 189 Å². The topological polar surface area (TPSA) is 130 Å². The summed E-state index contributed by atoms with van der Waals surface area (Å²) in [6.45, 7) is 1.78. The predicted molar refractivity (Wildman–Crippen MR) is 126 cm³/mol. The van der Waals surface area contributed by atoms with Gasteiger partial charge in [-0.25, -0.2) is 0 Å². The van der Waals surface area contributed by atoms with Crippen molar-refractivity contribution in [3.8, 4) is 0 Å². The molecule has 0 bridgehead atoms. The maximum Gasteiger partial charge on any atom is 0.321 e. The molecule has 0 radical (unpaired) electrons. The first-order valence-electron chi connectivity index (χ1n) is 10.2. The Morgan fingerprint density at radius 3 is 1.71 bits per heavy atom. The molecule has 2 rings (SSSR count). The minimum Gasteiger partial charge on any atom is -0.480 e. The summed E-state index contributed by atoms with van der Waals surface area (Å²) >= 11 is 4.20. The van der Waals surface area contributed by atoms with Crippen molar-refractivity contribution < 1.29 is 19.8 Å². The number of unbranched alkanes of at least 4 members (excludes halogenated alkanes) is 1. The molecule has 7 nitrogen and oxygen atoms in total. The SMILES string of the molecule is NCCCCC(N)C(=O)O.O=C(O)C(CS)N(Cc1ccccc1)Cc1ccccc1. The van der Waals surface area contributed by atoms with Gasteiger partial charge in [0.2, 0.25) is 0 Å². The third-order valence-corrected chi connectivity index (χ3v) is 4.99. The van der Waals surface area contributed by atoms with E-state index in [2.05, 4.69) is 12.6 Å². The molecule has 170 valence electrons. The molecular formula is C23H33N3O4S. The molecule has 31 heavy (non-hydrogen) atoms. The van der Waals surface area contributed by atoms with Crippen molar-refractivity contribution in [3.63, 3.8) is 0 Å². The number of thiol groups is 1. The van der Waals surface area contributed by atoms with E-state index >= 15 is 0 Å². The van der Waals surface area contributed by atoms with Crippen LogP contribution in [0.25, 0.3) is 0 Å². The molecule has 0 amide bonds. The lowest BCUT2D eigenvalue weighted by molar-refractivity contribution is -0.143. The fraction of sp³-hybridized carbons (Fsp3) is 0.391. The van der Waals surface area contributed by atoms with Gasteiger partial charge in [-0.2, -0.15) is 12.6 Å². The third-order valence-electron chi connectivity index (χ3n) is 4.64. The molecule has 0 spiro atoms. The van der Waals surface area contributed by atoms with E-state index in [1.54, 1.807) is 0 Å². The van der Waals surface area contributed by atoms with Crippen LogP contribution >= 0.6 is 12.6 Å². The number of nitrogens with two attached hydrogens (primary N) is 2. The average molecular weight is 448 g/mol. The van der Waals surface area contributed by atoms with E-state index in [-0.39, 0.29) is 5.75 Å². The van der Waals surface area contributed by atoms with Crippen LogP contribution in [-0.2, 0) is 22.7 Å². The molecule has 0 fully saturated rings. The van der Waals surface area contributed by atoms with Gasteiger partial charge in [0.1, 0.15) is 12.1 Å². The molecule has 0 saturated heterocycles. The highest BCUT2D eigenvalue weighted by atomic mass is 32.1. The molecule has 2 unspecified atom stereocenters. The second kappa shape index (κ2) is 15.4. The molecule has 0 saturated carbocycles. The highest BCUT2D eigenvalue weighted by molar-refractivity contribution is 7.80. The van der Waals surface area contributed by atoms with Gasteiger partial charge < -0.3 is 21.7 Å². The minimum atomic E-state index is -0.933. The lowest BCUT2D eigenvalue weighted by Gasteiger charge is -2.28. The Balaban J connectivity index is 0.000000407. The van der Waals surface area contributed by atoms with E-state index in [1.165, 1.54) is 0 Å². The maximum absolute atomic E-state index is 11.5. The quantitative estimate of drug-likeness (QED) is 0.250. The Bertz CT molecular complexity index is 720. The van der Waals surface area contributed by atoms with Gasteiger partial charge >= 0.3 is 11.9 Å². The van der Waals surface area contributed by atoms with E-state index in [4.69, 9.17) is 16.6 Å². The summed E-state index contributed by atoms with van der Waals surface area (Å²) in [4.78, 5) is 23.5. The van der Waals surface area contributed by atoms with Crippen molar-refractivity contribution in [2.24, 2.45) is 11.5 Å². The van der Waals surface area contributed by atoms with Gasteiger partial charge in [-0.3, -0.25) is 14.5 Å². The lowest BCUT2D eigenvalue weighted by Crippen LogP contribution is -2.41. The average Bonchev–Trinajstić information content (AvgIpc) is 2.76. The predicted octanol–water partition coefficient (Wildman–Crippen LogP) is 2.60. The lowest BCUT2D eigenvalue weighted by atomic mass is 10.1. The van der Waals surface area contributed by atoms with Crippen molar-refractivity contribution >= 4 is 24.6 Å². The zero-order valence-electron chi connectivity index (χ0n) is 17.6. The van der Waals surface area contributed by atoms with Crippen LogP contribution < -0.4 is 11.5 Å². The van der Waals surface area contributed by atoms with E-state index in [0.717, 1.165) is 24.0 Å². The van der Waals surface area contributed by atoms with Crippen molar-refractivity contribution in [3.05, 3.63) is 71.8 Å². The van der Waals surface area contributed by atoms with Gasteiger partial charge in [0.25, 0.3) is 0 Å². The molecule has 0 aliphatic rings. The highest BCUT2D eigenvalue weighted by Crippen LogP contribution is 2.14. The van der Waals surface area contributed by atoms with Gasteiger partial charge in [-0.05, 0) is 30.5 Å². The molecular weight excluding hydrogens is 414 g/mol. The number of benzene rings is 2. The van der Waals surface area contributed by atoms with Crippen LogP contribution in [-0.4, -0.2) is 51.4 Å². The smallest absolute Gasteiger partial charge is 0.321 e. The zero-order valence-corrected chi connectivity index (χ0v) is 18.5. The number of carboxylic acids is 2. The molecule has 2 aromatic carbocycles. The van der Waals surface area contributed by atoms with Crippen LogP contribution in [0.2, 0.25) is 0 Å². The van der Waals surface area contributed by atoms with Crippen LogP contribution in [0.1, 0.15) is 30.4 Å². The summed E-state index contributed by atoms with van der Waals surface area (Å²) in [6, 6.07) is 18.5. The van der Waals surface area contributed by atoms with Crippen molar-refractivity contribution in [2.45, 2.75) is 44.4 Å². The van der Waals surface area contributed by atoms with Gasteiger partial charge in [-0.15, -0.1) is 0 Å². The second-order valence-corrected chi connectivity index (χ2v) is 7.51. The Kier molecular flexibility index (Phi) is 13.3. The summed E-state index contributed by atoms with van der Waals surface area (Å²) in [7, 11) is 0. The Morgan fingerprint density at radius 1 is 0.871 bits per heavy atom. The molecule has 6 N–H and O–H groups in total. The van der Waals surface area contributed by atoms with Crippen molar-refractivity contribution in [2.75, 3.05) is 12.3 Å². The number of rotatable bonds is 12. The van der Waals surface area contributed by atoms with E-state index in [1.807, 2.05) is 65.6 Å². The summed E-state index contributed by atoms with van der Waals surface area (Å²) in [6.07, 6.45) is 2.16. The first kappa shape index (κ1) is 26.6. The van der Waals surface area contributed by atoms with Gasteiger partial charge in [0.05, 0.1) is 0 Å². The summed E-state index contributed by atoms with van der Waals surface area (Å²) < 4.78 is 0. The van der Waals surface area contributed by atoms with Gasteiger partial charge in [0, 0.05) is 18.8 Å². The monoisotopic (exact) mass is 447 g/mol. The van der Waals surface area contributed by atoms with E-state index in [0.29, 0.717) is 26.1 Å². The van der Waals surface area contributed by atoms with E-state index in [9.17, 15) is 14.7 Å². The number of hydrogen-bond donors (Lipinski definition) is 5. The Morgan fingerprint density at radius 2 is 1.35 bits per heavy atom. The minimum absolute atomic E-state index is 0.287. The van der Waals surface area contributed by atoms with Crippen LogP contribution in [0.3, 0.4) is 0 Å². The number of hydrogen-bond acceptors (Lipinski definition) is 6. The van der Waals surface area contributed by atoms with Crippen molar-refractivity contribution in [1.82, 2.24) is 4.90 Å². The van der Waals surface area contributed by atoms with Crippen LogP contribution in [0.5, 0.6) is 0 Å². The second-order valence-electron chi connectivity index (χ2n) is 7.14. The summed E-state index contributed by atoms with van der Waals surface area (Å²) in [5, 5.41) is 17.7. The number of carbonyl (C=O) groups is 2. The number of aliphatic carboxylic acids is 2. The van der Waals surface area contributed by atoms with E-state index < -0.39 is 24.0 Å². The molecule has 0 aromatic heterocycles. The highest BCUT2D eigenvalue weighted by Gasteiger charge is 2.24. The normalized spacial score (nSPS) is 12.5. The first-order chi connectivity index (χ1) is 14.9. The van der Waals surface area contributed by atoms with Crippen LogP contribution in [0.15, 0.2) is 60.7 Å². The largest absolute Gasteiger partial charge is 0.480 e. The standard InChI is InChI=1S/C17H19NO2S.C6H14N2O2/c19-17(20)16(13-21)18(11-14-7-3-1-4-8-14)12-15-9-5-2-6-10-15;7-4-2-1-3-5(8)6(9)10/h1-10,16,21H,11-13H2,(H,19,20);5H,1-4,7-8H2,(H,9,10). The maximum atomic E-state index is 11.5.